The van der Waals surface area contributed by atoms with Crippen molar-refractivity contribution in [3.63, 3.8) is 0 Å². The zero-order chi connectivity index (χ0) is 25.1. The van der Waals surface area contributed by atoms with Crippen molar-refractivity contribution in [2.75, 3.05) is 38.0 Å². The summed E-state index contributed by atoms with van der Waals surface area (Å²) in [6.45, 7) is 7.83. The number of benzene rings is 3. The van der Waals surface area contributed by atoms with Crippen molar-refractivity contribution in [1.29, 1.82) is 0 Å². The van der Waals surface area contributed by atoms with Gasteiger partial charge < -0.3 is 5.32 Å². The standard InChI is InChI=1S/C29H31N5O2/c1-21-9-8-10-22(2)27(21)30-26(35)19-32-15-17-33(18-16-32)20-34-29(36)25-14-7-6-13-24(25)28(31-34)23-11-4-3-5-12-23/h3-14H,15-20H2,1-2H3,(H,30,35). The van der Waals surface area contributed by atoms with Gasteiger partial charge in [0.25, 0.3) is 5.56 Å². The monoisotopic (exact) mass is 481 g/mol. The van der Waals surface area contributed by atoms with Gasteiger partial charge in [-0.2, -0.15) is 5.10 Å². The van der Waals surface area contributed by atoms with Crippen LogP contribution < -0.4 is 10.9 Å². The number of hydrogen-bond acceptors (Lipinski definition) is 5. The Morgan fingerprint density at radius 2 is 1.42 bits per heavy atom. The number of rotatable bonds is 6. The highest BCUT2D eigenvalue weighted by atomic mass is 16.2. The van der Waals surface area contributed by atoms with E-state index in [0.717, 1.165) is 59.6 Å². The third-order valence-electron chi connectivity index (χ3n) is 6.83. The summed E-state index contributed by atoms with van der Waals surface area (Å²) in [6, 6.07) is 23.7. The van der Waals surface area contributed by atoms with Gasteiger partial charge in [0.15, 0.2) is 0 Å². The first-order valence-electron chi connectivity index (χ1n) is 12.4. The highest BCUT2D eigenvalue weighted by Gasteiger charge is 2.21. The van der Waals surface area contributed by atoms with Gasteiger partial charge in [0.1, 0.15) is 0 Å². The van der Waals surface area contributed by atoms with Crippen molar-refractivity contribution >= 4 is 22.4 Å². The summed E-state index contributed by atoms with van der Waals surface area (Å²) < 4.78 is 1.58. The molecule has 4 aromatic rings. The van der Waals surface area contributed by atoms with Gasteiger partial charge in [0.2, 0.25) is 5.91 Å². The zero-order valence-corrected chi connectivity index (χ0v) is 20.8. The zero-order valence-electron chi connectivity index (χ0n) is 20.8. The van der Waals surface area contributed by atoms with Crippen molar-refractivity contribution < 1.29 is 4.79 Å². The molecule has 0 bridgehead atoms. The number of anilines is 1. The lowest BCUT2D eigenvalue weighted by Gasteiger charge is -2.34. The first-order valence-corrected chi connectivity index (χ1v) is 12.4. The molecule has 0 spiro atoms. The largest absolute Gasteiger partial charge is 0.324 e. The van der Waals surface area contributed by atoms with E-state index >= 15 is 0 Å². The summed E-state index contributed by atoms with van der Waals surface area (Å²) >= 11 is 0. The van der Waals surface area contributed by atoms with Gasteiger partial charge in [-0.25, -0.2) is 4.68 Å². The maximum Gasteiger partial charge on any atom is 0.275 e. The Hall–Kier alpha value is -3.81. The lowest BCUT2D eigenvalue weighted by Crippen LogP contribution is -2.49. The van der Waals surface area contributed by atoms with Crippen LogP contribution in [0.3, 0.4) is 0 Å². The molecule has 2 heterocycles. The average Bonchev–Trinajstić information content (AvgIpc) is 2.90. The summed E-state index contributed by atoms with van der Waals surface area (Å²) in [5, 5.41) is 9.39. The fourth-order valence-corrected chi connectivity index (χ4v) is 4.81. The molecule has 1 saturated heterocycles. The third-order valence-corrected chi connectivity index (χ3v) is 6.83. The van der Waals surface area contributed by atoms with E-state index in [1.807, 2.05) is 86.6 Å². The SMILES string of the molecule is Cc1cccc(C)c1NC(=O)CN1CCN(Cn2nc(-c3ccccc3)c3ccccc3c2=O)CC1. The lowest BCUT2D eigenvalue weighted by atomic mass is 10.1. The maximum atomic E-state index is 13.2. The predicted molar refractivity (Wildman–Crippen MR) is 144 cm³/mol. The van der Waals surface area contributed by atoms with Crippen LogP contribution in [-0.2, 0) is 11.5 Å². The van der Waals surface area contributed by atoms with Crippen LogP contribution in [0.5, 0.6) is 0 Å². The van der Waals surface area contributed by atoms with E-state index in [4.69, 9.17) is 5.10 Å². The molecule has 7 heteroatoms. The van der Waals surface area contributed by atoms with Gasteiger partial charge in [-0.3, -0.25) is 19.4 Å². The first kappa shape index (κ1) is 23.9. The summed E-state index contributed by atoms with van der Waals surface area (Å²) in [4.78, 5) is 30.3. The molecule has 1 aromatic heterocycles. The molecule has 7 nitrogen and oxygen atoms in total. The van der Waals surface area contributed by atoms with Crippen LogP contribution in [0.2, 0.25) is 0 Å². The molecule has 3 aromatic carbocycles. The number of amides is 1. The molecule has 0 aliphatic carbocycles. The van der Waals surface area contributed by atoms with Crippen LogP contribution in [0.25, 0.3) is 22.0 Å². The number of hydrogen-bond donors (Lipinski definition) is 1. The smallest absolute Gasteiger partial charge is 0.275 e. The molecule has 184 valence electrons. The second-order valence-electron chi connectivity index (χ2n) is 9.42. The number of nitrogens with one attached hydrogen (secondary N) is 1. The van der Waals surface area contributed by atoms with Crippen molar-refractivity contribution in [2.45, 2.75) is 20.5 Å². The molecule has 0 saturated carbocycles. The number of fused-ring (bicyclic) bond motifs is 1. The van der Waals surface area contributed by atoms with Crippen molar-refractivity contribution in [3.05, 3.63) is 94.3 Å². The van der Waals surface area contributed by atoms with Crippen LogP contribution in [0, 0.1) is 13.8 Å². The van der Waals surface area contributed by atoms with E-state index in [9.17, 15) is 9.59 Å². The second kappa shape index (κ2) is 10.4. The molecule has 36 heavy (non-hydrogen) atoms. The molecule has 1 aliphatic rings. The van der Waals surface area contributed by atoms with Gasteiger partial charge in [-0.05, 0) is 31.0 Å². The van der Waals surface area contributed by atoms with E-state index in [1.54, 1.807) is 4.68 Å². The fourth-order valence-electron chi connectivity index (χ4n) is 4.81. The quantitative estimate of drug-likeness (QED) is 0.452. The Labute approximate surface area is 211 Å². The Morgan fingerprint density at radius 1 is 0.806 bits per heavy atom. The van der Waals surface area contributed by atoms with Crippen LogP contribution in [-0.4, -0.2) is 58.2 Å². The molecule has 0 radical (unpaired) electrons. The van der Waals surface area contributed by atoms with Gasteiger partial charge in [-0.15, -0.1) is 0 Å². The number of aryl methyl sites for hydroxylation is 2. The summed E-state index contributed by atoms with van der Waals surface area (Å²) in [5.74, 6) is 0.000711. The number of carbonyl (C=O) groups is 1. The second-order valence-corrected chi connectivity index (χ2v) is 9.42. The number of carbonyl (C=O) groups excluding carboxylic acids is 1. The highest BCUT2D eigenvalue weighted by Crippen LogP contribution is 2.24. The van der Waals surface area contributed by atoms with Gasteiger partial charge in [-0.1, -0.05) is 66.7 Å². The molecule has 0 atom stereocenters. The van der Waals surface area contributed by atoms with Gasteiger partial charge in [0.05, 0.1) is 24.3 Å². The molecule has 1 aliphatic heterocycles. The minimum Gasteiger partial charge on any atom is -0.324 e. The highest BCUT2D eigenvalue weighted by molar-refractivity contribution is 5.94. The van der Waals surface area contributed by atoms with Crippen LogP contribution in [0.1, 0.15) is 11.1 Å². The fraction of sp³-hybridized carbons (Fsp3) is 0.276. The molecule has 0 unspecified atom stereocenters. The molecule has 1 fully saturated rings. The summed E-state index contributed by atoms with van der Waals surface area (Å²) in [5.41, 5.74) is 4.75. The van der Waals surface area contributed by atoms with Crippen LogP contribution in [0.15, 0.2) is 77.6 Å². The molecule has 1 N–H and O–H groups in total. The number of aromatic nitrogens is 2. The Morgan fingerprint density at radius 3 is 2.11 bits per heavy atom. The van der Waals surface area contributed by atoms with E-state index in [2.05, 4.69) is 15.1 Å². The Bertz CT molecular complexity index is 1420. The summed E-state index contributed by atoms with van der Waals surface area (Å²) in [7, 11) is 0. The summed E-state index contributed by atoms with van der Waals surface area (Å²) in [6.07, 6.45) is 0. The predicted octanol–water partition coefficient (Wildman–Crippen LogP) is 3.89. The Kier molecular flexibility index (Phi) is 6.93. The van der Waals surface area contributed by atoms with E-state index in [0.29, 0.717) is 18.6 Å². The first-order chi connectivity index (χ1) is 17.5. The van der Waals surface area contributed by atoms with Crippen LogP contribution in [0.4, 0.5) is 5.69 Å². The number of nitrogens with zero attached hydrogens (tertiary/aromatic N) is 4. The van der Waals surface area contributed by atoms with Gasteiger partial charge >= 0.3 is 0 Å². The van der Waals surface area contributed by atoms with Crippen molar-refractivity contribution in [3.8, 4) is 11.3 Å². The minimum absolute atomic E-state index is 0.000711. The average molecular weight is 482 g/mol. The maximum absolute atomic E-state index is 13.2. The molecule has 1 amide bonds. The Balaban J connectivity index is 1.26. The van der Waals surface area contributed by atoms with Crippen molar-refractivity contribution in [1.82, 2.24) is 19.6 Å². The number of piperazine rings is 1. The topological polar surface area (TPSA) is 70.5 Å². The molecule has 5 rings (SSSR count). The van der Waals surface area contributed by atoms with E-state index in [1.165, 1.54) is 0 Å². The molecular formula is C29H31N5O2. The van der Waals surface area contributed by atoms with Gasteiger partial charge in [0, 0.05) is 42.8 Å². The van der Waals surface area contributed by atoms with E-state index in [-0.39, 0.29) is 11.5 Å². The molecular weight excluding hydrogens is 450 g/mol. The van der Waals surface area contributed by atoms with Crippen molar-refractivity contribution in [2.24, 2.45) is 0 Å². The normalized spacial score (nSPS) is 14.7. The van der Waals surface area contributed by atoms with E-state index < -0.39 is 0 Å². The minimum atomic E-state index is -0.0827. The van der Waals surface area contributed by atoms with Crippen LogP contribution >= 0.6 is 0 Å². The third kappa shape index (κ3) is 5.08. The number of para-hydroxylation sites is 1. The lowest BCUT2D eigenvalue weighted by molar-refractivity contribution is -0.117.